The average molecular weight is 279 g/mol. The molecule has 0 spiro atoms. The molecule has 1 aromatic rings. The Bertz CT molecular complexity index is 394. The van der Waals surface area contributed by atoms with E-state index in [1.807, 2.05) is 6.92 Å². The van der Waals surface area contributed by atoms with Crippen molar-refractivity contribution < 1.29 is 4.74 Å². The van der Waals surface area contributed by atoms with E-state index in [0.717, 1.165) is 31.3 Å². The molecule has 0 amide bonds. The van der Waals surface area contributed by atoms with Gasteiger partial charge in [0.15, 0.2) is 0 Å². The van der Waals surface area contributed by atoms with Gasteiger partial charge in [-0.1, -0.05) is 33.1 Å². The molecule has 114 valence electrons. The highest BCUT2D eigenvalue weighted by molar-refractivity contribution is 5.28. The summed E-state index contributed by atoms with van der Waals surface area (Å²) in [5.74, 6) is 1.60. The third kappa shape index (κ3) is 4.82. The topological polar surface area (TPSA) is 39.1 Å². The second-order valence-electron chi connectivity index (χ2n) is 6.31. The SMILES string of the molecule is Cc1cn(CC(C)C)c(NCCOC2CCCCC2)n1. The van der Waals surface area contributed by atoms with E-state index < -0.39 is 0 Å². The van der Waals surface area contributed by atoms with Crippen LogP contribution in [0.4, 0.5) is 5.95 Å². The van der Waals surface area contributed by atoms with Crippen LogP contribution in [0.15, 0.2) is 6.20 Å². The second kappa shape index (κ2) is 7.67. The summed E-state index contributed by atoms with van der Waals surface area (Å²) in [5.41, 5.74) is 1.07. The van der Waals surface area contributed by atoms with Gasteiger partial charge in [-0.2, -0.15) is 0 Å². The van der Waals surface area contributed by atoms with Crippen molar-refractivity contribution in [2.24, 2.45) is 5.92 Å². The number of aryl methyl sites for hydroxylation is 1. The standard InChI is InChI=1S/C16H29N3O/c1-13(2)11-19-12-14(3)18-16(19)17-9-10-20-15-7-5-4-6-8-15/h12-13,15H,4-11H2,1-3H3,(H,17,18). The minimum absolute atomic E-state index is 0.489. The first-order valence-electron chi connectivity index (χ1n) is 8.04. The molecule has 0 saturated heterocycles. The molecule has 0 aromatic carbocycles. The first-order valence-corrected chi connectivity index (χ1v) is 8.04. The molecule has 0 aliphatic heterocycles. The van der Waals surface area contributed by atoms with E-state index in [1.54, 1.807) is 0 Å². The number of hydrogen-bond donors (Lipinski definition) is 1. The molecule has 1 saturated carbocycles. The van der Waals surface area contributed by atoms with Crippen LogP contribution in [0.1, 0.15) is 51.6 Å². The summed E-state index contributed by atoms with van der Waals surface area (Å²) < 4.78 is 8.14. The maximum Gasteiger partial charge on any atom is 0.203 e. The molecule has 1 fully saturated rings. The molecule has 4 nitrogen and oxygen atoms in total. The molecule has 1 N–H and O–H groups in total. The number of nitrogens with one attached hydrogen (secondary N) is 1. The summed E-state index contributed by atoms with van der Waals surface area (Å²) in [5, 5.41) is 3.41. The van der Waals surface area contributed by atoms with Gasteiger partial charge in [0, 0.05) is 19.3 Å². The van der Waals surface area contributed by atoms with Gasteiger partial charge in [0.2, 0.25) is 5.95 Å². The number of ether oxygens (including phenoxy) is 1. The highest BCUT2D eigenvalue weighted by atomic mass is 16.5. The molecular weight excluding hydrogens is 250 g/mol. The molecule has 1 heterocycles. The molecule has 0 atom stereocenters. The third-order valence-electron chi connectivity index (χ3n) is 3.75. The van der Waals surface area contributed by atoms with Crippen molar-refractivity contribution in [1.82, 2.24) is 9.55 Å². The number of aromatic nitrogens is 2. The molecule has 4 heteroatoms. The lowest BCUT2D eigenvalue weighted by Gasteiger charge is -2.22. The van der Waals surface area contributed by atoms with Crippen LogP contribution in [-0.4, -0.2) is 28.8 Å². The van der Waals surface area contributed by atoms with Crippen LogP contribution in [-0.2, 0) is 11.3 Å². The maximum atomic E-state index is 5.93. The Labute approximate surface area is 122 Å². The van der Waals surface area contributed by atoms with E-state index in [4.69, 9.17) is 4.74 Å². The molecule has 0 unspecified atom stereocenters. The number of imidazole rings is 1. The third-order valence-corrected chi connectivity index (χ3v) is 3.75. The second-order valence-corrected chi connectivity index (χ2v) is 6.31. The van der Waals surface area contributed by atoms with E-state index in [2.05, 4.69) is 34.9 Å². The van der Waals surface area contributed by atoms with Gasteiger partial charge in [-0.25, -0.2) is 4.98 Å². The molecule has 1 aromatic heterocycles. The van der Waals surface area contributed by atoms with Gasteiger partial charge in [-0.05, 0) is 25.7 Å². The summed E-state index contributed by atoms with van der Waals surface area (Å²) in [4.78, 5) is 4.54. The number of hydrogen-bond acceptors (Lipinski definition) is 3. The largest absolute Gasteiger partial charge is 0.376 e. The minimum atomic E-state index is 0.489. The van der Waals surface area contributed by atoms with Crippen LogP contribution in [0.2, 0.25) is 0 Å². The summed E-state index contributed by atoms with van der Waals surface area (Å²) in [6.07, 6.45) is 9.12. The van der Waals surface area contributed by atoms with Gasteiger partial charge in [0.1, 0.15) is 0 Å². The molecule has 0 radical (unpaired) electrons. The highest BCUT2D eigenvalue weighted by Crippen LogP contribution is 2.20. The molecule has 20 heavy (non-hydrogen) atoms. The zero-order valence-corrected chi connectivity index (χ0v) is 13.2. The van der Waals surface area contributed by atoms with E-state index in [9.17, 15) is 0 Å². The Morgan fingerprint density at radius 3 is 2.80 bits per heavy atom. The predicted molar refractivity (Wildman–Crippen MR) is 83.1 cm³/mol. The Balaban J connectivity index is 1.72. The Morgan fingerprint density at radius 1 is 1.35 bits per heavy atom. The molecule has 2 rings (SSSR count). The minimum Gasteiger partial charge on any atom is -0.376 e. The van der Waals surface area contributed by atoms with Gasteiger partial charge in [-0.15, -0.1) is 0 Å². The van der Waals surface area contributed by atoms with Gasteiger partial charge in [0.25, 0.3) is 0 Å². The van der Waals surface area contributed by atoms with Gasteiger partial charge in [0.05, 0.1) is 18.4 Å². The predicted octanol–water partition coefficient (Wildman–Crippen LogP) is 3.61. The highest BCUT2D eigenvalue weighted by Gasteiger charge is 2.13. The van der Waals surface area contributed by atoms with E-state index in [-0.39, 0.29) is 0 Å². The summed E-state index contributed by atoms with van der Waals surface area (Å²) in [6.45, 7) is 9.12. The zero-order valence-electron chi connectivity index (χ0n) is 13.2. The van der Waals surface area contributed by atoms with Crippen molar-refractivity contribution in [2.75, 3.05) is 18.5 Å². The van der Waals surface area contributed by atoms with E-state index in [1.165, 1.54) is 32.1 Å². The number of anilines is 1. The molecule has 1 aliphatic rings. The fourth-order valence-electron chi connectivity index (χ4n) is 2.84. The zero-order chi connectivity index (χ0) is 14.4. The quantitative estimate of drug-likeness (QED) is 0.775. The number of rotatable bonds is 7. The molecule has 0 bridgehead atoms. The van der Waals surface area contributed by atoms with Gasteiger partial charge in [-0.3, -0.25) is 0 Å². The summed E-state index contributed by atoms with van der Waals surface area (Å²) >= 11 is 0. The normalized spacial score (nSPS) is 16.8. The van der Waals surface area contributed by atoms with Crippen LogP contribution < -0.4 is 5.32 Å². The lowest BCUT2D eigenvalue weighted by Crippen LogP contribution is -2.21. The Kier molecular flexibility index (Phi) is 5.89. The Hall–Kier alpha value is -1.03. The van der Waals surface area contributed by atoms with Crippen molar-refractivity contribution >= 4 is 5.95 Å². The maximum absolute atomic E-state index is 5.93. The lowest BCUT2D eigenvalue weighted by molar-refractivity contribution is 0.0347. The fraction of sp³-hybridized carbons (Fsp3) is 0.812. The average Bonchev–Trinajstić information content (AvgIpc) is 2.75. The van der Waals surface area contributed by atoms with Gasteiger partial charge < -0.3 is 14.6 Å². The smallest absolute Gasteiger partial charge is 0.203 e. The monoisotopic (exact) mass is 279 g/mol. The summed E-state index contributed by atoms with van der Waals surface area (Å²) in [7, 11) is 0. The summed E-state index contributed by atoms with van der Waals surface area (Å²) in [6, 6.07) is 0. The van der Waals surface area contributed by atoms with Crippen LogP contribution in [0.5, 0.6) is 0 Å². The Morgan fingerprint density at radius 2 is 2.10 bits per heavy atom. The van der Waals surface area contributed by atoms with Crippen LogP contribution >= 0.6 is 0 Å². The van der Waals surface area contributed by atoms with Crippen molar-refractivity contribution in [3.8, 4) is 0 Å². The molecule has 1 aliphatic carbocycles. The van der Waals surface area contributed by atoms with Crippen molar-refractivity contribution in [1.29, 1.82) is 0 Å². The van der Waals surface area contributed by atoms with Gasteiger partial charge >= 0.3 is 0 Å². The van der Waals surface area contributed by atoms with Crippen LogP contribution in [0.25, 0.3) is 0 Å². The lowest BCUT2D eigenvalue weighted by atomic mass is 9.98. The van der Waals surface area contributed by atoms with Crippen LogP contribution in [0.3, 0.4) is 0 Å². The van der Waals surface area contributed by atoms with E-state index >= 15 is 0 Å². The van der Waals surface area contributed by atoms with E-state index in [0.29, 0.717) is 12.0 Å². The fourth-order valence-corrected chi connectivity index (χ4v) is 2.84. The number of nitrogens with zero attached hydrogens (tertiary/aromatic N) is 2. The van der Waals surface area contributed by atoms with Crippen molar-refractivity contribution in [3.63, 3.8) is 0 Å². The first kappa shape index (κ1) is 15.4. The van der Waals surface area contributed by atoms with Crippen LogP contribution in [0, 0.1) is 12.8 Å². The van der Waals surface area contributed by atoms with Crippen molar-refractivity contribution in [3.05, 3.63) is 11.9 Å². The van der Waals surface area contributed by atoms with Crippen molar-refractivity contribution in [2.45, 2.75) is 65.5 Å². The molecular formula is C16H29N3O. The first-order chi connectivity index (χ1) is 9.65.